The van der Waals surface area contributed by atoms with E-state index in [1.807, 2.05) is 11.3 Å². The van der Waals surface area contributed by atoms with E-state index in [1.165, 1.54) is 92.3 Å². The summed E-state index contributed by atoms with van der Waals surface area (Å²) < 4.78 is 2.59. The van der Waals surface area contributed by atoms with E-state index in [0.717, 1.165) is 11.4 Å². The van der Waals surface area contributed by atoms with Crippen molar-refractivity contribution in [1.82, 2.24) is 0 Å². The molecule has 0 amide bonds. The zero-order valence-corrected chi connectivity index (χ0v) is 30.7. The van der Waals surface area contributed by atoms with Crippen molar-refractivity contribution in [2.45, 2.75) is 5.41 Å². The van der Waals surface area contributed by atoms with E-state index in [-0.39, 0.29) is 0 Å². The van der Waals surface area contributed by atoms with Crippen LogP contribution in [0.1, 0.15) is 22.3 Å². The minimum absolute atomic E-state index is 0.454. The second kappa shape index (κ2) is 11.6. The Kier molecular flexibility index (Phi) is 6.49. The van der Waals surface area contributed by atoms with Crippen molar-refractivity contribution in [3.8, 4) is 33.4 Å². The Bertz CT molecular complexity index is 3110. The summed E-state index contributed by atoms with van der Waals surface area (Å²) in [6, 6.07) is 74.5. The van der Waals surface area contributed by atoms with Gasteiger partial charge in [-0.3, -0.25) is 0 Å². The Hall–Kier alpha value is -6.74. The average Bonchev–Trinajstić information content (AvgIpc) is 3.89. The summed E-state index contributed by atoms with van der Waals surface area (Å²) in [6.07, 6.45) is 0. The molecule has 2 aliphatic carbocycles. The second-order valence-electron chi connectivity index (χ2n) is 14.8. The van der Waals surface area contributed by atoms with Crippen LogP contribution in [0.3, 0.4) is 0 Å². The molecule has 0 unspecified atom stereocenters. The maximum Gasteiger partial charge on any atom is 0.0726 e. The highest BCUT2D eigenvalue weighted by atomic mass is 32.1. The van der Waals surface area contributed by atoms with Crippen molar-refractivity contribution in [2.75, 3.05) is 4.90 Å². The molecule has 0 atom stereocenters. The summed E-state index contributed by atoms with van der Waals surface area (Å²) >= 11 is 1.88. The van der Waals surface area contributed by atoms with E-state index in [2.05, 4.69) is 205 Å². The summed E-state index contributed by atoms with van der Waals surface area (Å²) in [5.41, 5.74) is 16.1. The van der Waals surface area contributed by atoms with Crippen molar-refractivity contribution in [3.63, 3.8) is 0 Å². The highest BCUT2D eigenvalue weighted by molar-refractivity contribution is 7.26. The first-order valence-corrected chi connectivity index (χ1v) is 19.8. The van der Waals surface area contributed by atoms with Crippen LogP contribution in [0.25, 0.3) is 64.3 Å². The molecule has 55 heavy (non-hydrogen) atoms. The van der Waals surface area contributed by atoms with Gasteiger partial charge in [-0.05, 0) is 103 Å². The van der Waals surface area contributed by atoms with Crippen molar-refractivity contribution in [2.24, 2.45) is 0 Å². The van der Waals surface area contributed by atoms with Gasteiger partial charge >= 0.3 is 0 Å². The summed E-state index contributed by atoms with van der Waals surface area (Å²) in [7, 11) is 0. The molecule has 2 heteroatoms. The van der Waals surface area contributed by atoms with Gasteiger partial charge in [-0.15, -0.1) is 11.3 Å². The fourth-order valence-electron chi connectivity index (χ4n) is 9.80. The van der Waals surface area contributed by atoms with Crippen LogP contribution in [-0.2, 0) is 5.41 Å². The molecule has 9 aromatic carbocycles. The lowest BCUT2D eigenvalue weighted by atomic mass is 9.70. The topological polar surface area (TPSA) is 3.24 Å². The van der Waals surface area contributed by atoms with E-state index >= 15 is 0 Å². The van der Waals surface area contributed by atoms with E-state index in [9.17, 15) is 0 Å². The number of hydrogen-bond acceptors (Lipinski definition) is 2. The lowest BCUT2D eigenvalue weighted by Crippen LogP contribution is -2.26. The number of thiophene rings is 1. The quantitative estimate of drug-likeness (QED) is 0.175. The summed E-state index contributed by atoms with van der Waals surface area (Å²) in [4.78, 5) is 2.49. The summed E-state index contributed by atoms with van der Waals surface area (Å²) in [5, 5.41) is 5.16. The fraction of sp³-hybridized carbons (Fsp3) is 0.0189. The monoisotopic (exact) mass is 715 g/mol. The molecule has 10 aromatic rings. The number of rotatable bonds is 4. The van der Waals surface area contributed by atoms with Crippen LogP contribution in [0.2, 0.25) is 0 Å². The van der Waals surface area contributed by atoms with Gasteiger partial charge in [0.2, 0.25) is 0 Å². The van der Waals surface area contributed by atoms with E-state index in [0.29, 0.717) is 0 Å². The van der Waals surface area contributed by atoms with Crippen LogP contribution in [0, 0.1) is 0 Å². The third-order valence-electron chi connectivity index (χ3n) is 12.1. The van der Waals surface area contributed by atoms with Crippen LogP contribution >= 0.6 is 11.3 Å². The number of hydrogen-bond donors (Lipinski definition) is 0. The Morgan fingerprint density at radius 1 is 0.382 bits per heavy atom. The molecule has 0 radical (unpaired) electrons. The van der Waals surface area contributed by atoms with Crippen LogP contribution in [0.4, 0.5) is 17.1 Å². The van der Waals surface area contributed by atoms with Gasteiger partial charge in [-0.2, -0.15) is 0 Å². The molecule has 256 valence electrons. The smallest absolute Gasteiger partial charge is 0.0726 e. The predicted molar refractivity (Wildman–Crippen MR) is 233 cm³/mol. The molecule has 0 aliphatic heterocycles. The zero-order chi connectivity index (χ0) is 36.1. The predicted octanol–water partition coefficient (Wildman–Crippen LogP) is 14.7. The molecule has 1 heterocycles. The minimum Gasteiger partial charge on any atom is -0.309 e. The van der Waals surface area contributed by atoms with Crippen LogP contribution in [0.15, 0.2) is 200 Å². The third-order valence-corrected chi connectivity index (χ3v) is 13.3. The Balaban J connectivity index is 1.16. The van der Waals surface area contributed by atoms with E-state index in [4.69, 9.17) is 0 Å². The first-order valence-electron chi connectivity index (χ1n) is 19.0. The number of nitrogens with zero attached hydrogens (tertiary/aromatic N) is 1. The van der Waals surface area contributed by atoms with Gasteiger partial charge in [-0.1, -0.05) is 164 Å². The molecule has 0 saturated heterocycles. The number of anilines is 3. The first kappa shape index (κ1) is 30.7. The lowest BCUT2D eigenvalue weighted by Gasteiger charge is -2.32. The average molecular weight is 716 g/mol. The molecular weight excluding hydrogens is 683 g/mol. The second-order valence-corrected chi connectivity index (χ2v) is 15.8. The first-order chi connectivity index (χ1) is 27.3. The van der Waals surface area contributed by atoms with Gasteiger partial charge in [0.05, 0.1) is 15.8 Å². The van der Waals surface area contributed by atoms with Gasteiger partial charge < -0.3 is 4.90 Å². The van der Waals surface area contributed by atoms with Crippen LogP contribution < -0.4 is 4.90 Å². The maximum absolute atomic E-state index is 2.51. The molecule has 1 aromatic heterocycles. The largest absolute Gasteiger partial charge is 0.309 e. The molecular formula is C53H33NS. The van der Waals surface area contributed by atoms with Crippen LogP contribution in [0.5, 0.6) is 0 Å². The van der Waals surface area contributed by atoms with Gasteiger partial charge in [0.25, 0.3) is 0 Å². The van der Waals surface area contributed by atoms with Gasteiger partial charge in [0, 0.05) is 26.8 Å². The van der Waals surface area contributed by atoms with Gasteiger partial charge in [-0.25, -0.2) is 0 Å². The van der Waals surface area contributed by atoms with Gasteiger partial charge in [0.15, 0.2) is 0 Å². The number of fused-ring (bicyclic) bond motifs is 15. The normalized spacial score (nSPS) is 13.2. The fourth-order valence-corrected chi connectivity index (χ4v) is 11.0. The van der Waals surface area contributed by atoms with E-state index in [1.54, 1.807) is 0 Å². The lowest BCUT2D eigenvalue weighted by molar-refractivity contribution is 0.794. The molecule has 0 fully saturated rings. The van der Waals surface area contributed by atoms with Crippen molar-refractivity contribution in [1.29, 1.82) is 0 Å². The highest BCUT2D eigenvalue weighted by Gasteiger charge is 2.52. The standard InChI is InChI=1S/C53H33NS/c1-2-13-34(14-3-1)35-25-28-37(29-26-35)54(49-23-12-20-43-42-19-8-11-24-50(42)55-52(43)49)38-30-31-44-48(33-38)53(47-32-27-36-15-4-5-16-39(36)51(44)47)45-21-9-6-17-40(45)41-18-7-10-22-46(41)53/h1-33H. The number of benzene rings is 9. The molecule has 0 bridgehead atoms. The SMILES string of the molecule is c1ccc(-c2ccc(N(c3ccc4c(c3)C3(c5ccccc5-c5ccccc53)c3ccc5ccccc5c3-4)c3cccc4c3sc3ccccc34)cc2)cc1. The Morgan fingerprint density at radius 3 is 1.82 bits per heavy atom. The van der Waals surface area contributed by atoms with Gasteiger partial charge in [0.1, 0.15) is 0 Å². The van der Waals surface area contributed by atoms with Crippen molar-refractivity contribution < 1.29 is 0 Å². The zero-order valence-electron chi connectivity index (χ0n) is 29.9. The minimum atomic E-state index is -0.454. The highest BCUT2D eigenvalue weighted by Crippen LogP contribution is 2.64. The van der Waals surface area contributed by atoms with E-state index < -0.39 is 5.41 Å². The Morgan fingerprint density at radius 2 is 1.02 bits per heavy atom. The molecule has 2 aliphatic rings. The van der Waals surface area contributed by atoms with Crippen LogP contribution in [-0.4, -0.2) is 0 Å². The molecule has 1 spiro atoms. The molecule has 0 saturated carbocycles. The molecule has 1 nitrogen and oxygen atoms in total. The maximum atomic E-state index is 2.51. The van der Waals surface area contributed by atoms with Crippen molar-refractivity contribution >= 4 is 59.3 Å². The molecule has 0 N–H and O–H groups in total. The third kappa shape index (κ3) is 4.23. The summed E-state index contributed by atoms with van der Waals surface area (Å²) in [6.45, 7) is 0. The summed E-state index contributed by atoms with van der Waals surface area (Å²) in [5.74, 6) is 0. The molecule has 12 rings (SSSR count). The Labute approximate surface area is 324 Å². The van der Waals surface area contributed by atoms with Crippen molar-refractivity contribution in [3.05, 3.63) is 222 Å².